The van der Waals surface area contributed by atoms with Crippen molar-refractivity contribution >= 4 is 23.7 Å². The number of hydrogen-bond donors (Lipinski definition) is 1. The predicted molar refractivity (Wildman–Crippen MR) is 84.3 cm³/mol. The lowest BCUT2D eigenvalue weighted by molar-refractivity contribution is -0.197. The summed E-state index contributed by atoms with van der Waals surface area (Å²) >= 11 is 0. The zero-order chi connectivity index (χ0) is 17.7. The average Bonchev–Trinajstić information content (AvgIpc) is 2.83. The summed E-state index contributed by atoms with van der Waals surface area (Å²) in [6, 6.07) is 0.744. The van der Waals surface area contributed by atoms with Crippen LogP contribution in [0.3, 0.4) is 0 Å². The number of nitrogens with zero attached hydrogens (tertiary/aromatic N) is 2. The summed E-state index contributed by atoms with van der Waals surface area (Å²) in [6.07, 6.45) is 3.39. The standard InChI is InChI=1S/C16H25N3O5/c1-11-4-3-5-12(2)18(11)10-13(20)17-9-8-16(23)24-19-14(21)6-7-15(19)22/h11-12H,3-10H2,1-2H3,(H,17,20)/t11-,12+/i8+1,9+1,13+1,16+1,17+1. The van der Waals surface area contributed by atoms with Crippen LogP contribution >= 0.6 is 0 Å². The van der Waals surface area contributed by atoms with Crippen LogP contribution in [-0.2, 0) is 24.0 Å². The molecule has 2 aliphatic rings. The molecule has 8 heteroatoms. The van der Waals surface area contributed by atoms with E-state index in [9.17, 15) is 19.2 Å². The van der Waals surface area contributed by atoms with E-state index in [1.807, 2.05) is 0 Å². The van der Waals surface area contributed by atoms with E-state index in [0.717, 1.165) is 12.8 Å². The highest BCUT2D eigenvalue weighted by molar-refractivity contribution is 6.01. The molecule has 24 heavy (non-hydrogen) atoms. The van der Waals surface area contributed by atoms with Gasteiger partial charge in [0.1, 0.15) is 0 Å². The number of imide groups is 1. The number of rotatable bonds is 6. The third-order valence-electron chi connectivity index (χ3n) is 4.55. The molecule has 2 saturated heterocycles. The van der Waals surface area contributed by atoms with Crippen molar-refractivity contribution in [3.05, 3.63) is 0 Å². The first kappa shape index (κ1) is 18.4. The van der Waals surface area contributed by atoms with Gasteiger partial charge in [-0.25, -0.2) is 4.79 Å². The Hall–Kier alpha value is -1.96. The predicted octanol–water partition coefficient (Wildman–Crippen LogP) is 0.363. The van der Waals surface area contributed by atoms with Crippen LogP contribution in [0.5, 0.6) is 0 Å². The molecular formula is C16H25N3O5. The van der Waals surface area contributed by atoms with Crippen molar-refractivity contribution < 1.29 is 24.0 Å². The monoisotopic (exact) mass is 344 g/mol. The summed E-state index contributed by atoms with van der Waals surface area (Å²) in [5.41, 5.74) is 0. The first-order chi connectivity index (χ1) is 11.4. The minimum atomic E-state index is -0.710. The molecule has 0 aliphatic carbocycles. The van der Waals surface area contributed by atoms with Gasteiger partial charge in [-0.2, -0.15) is 0 Å². The maximum atomic E-state index is 12.0. The summed E-state index contributed by atoms with van der Waals surface area (Å²) in [5.74, 6) is -1.87. The van der Waals surface area contributed by atoms with E-state index in [2.05, 4.69) is 24.1 Å². The molecule has 0 saturated carbocycles. The van der Waals surface area contributed by atoms with E-state index in [-0.39, 0.29) is 31.7 Å². The molecule has 1 N–H and O–H groups in total. The van der Waals surface area contributed by atoms with Crippen molar-refractivity contribution in [3.8, 4) is 0 Å². The average molecular weight is 344 g/mol. The fourth-order valence-electron chi connectivity index (χ4n) is 3.12. The molecule has 3 amide bonds. The van der Waals surface area contributed by atoms with Gasteiger partial charge in [-0.3, -0.25) is 19.3 Å². The molecule has 0 spiro atoms. The fraction of sp³-hybridized carbons (Fsp3) is 0.750. The van der Waals surface area contributed by atoms with Crippen LogP contribution < -0.4 is 5.32 Å². The summed E-state index contributed by atoms with van der Waals surface area (Å²) < 4.78 is 0. The first-order valence-corrected chi connectivity index (χ1v) is 8.47. The van der Waals surface area contributed by atoms with E-state index in [4.69, 9.17) is 4.84 Å². The highest BCUT2D eigenvalue weighted by Crippen LogP contribution is 2.21. The van der Waals surface area contributed by atoms with E-state index >= 15 is 0 Å². The van der Waals surface area contributed by atoms with Gasteiger partial charge in [0, 0.05) is 31.5 Å². The summed E-state index contributed by atoms with van der Waals surface area (Å²) in [7, 11) is 0. The Morgan fingerprint density at radius 2 is 1.71 bits per heavy atom. The molecule has 0 aromatic rings. The lowest BCUT2D eigenvalue weighted by Crippen LogP contribution is -2.48. The van der Waals surface area contributed by atoms with Gasteiger partial charge < -0.3 is 10.2 Å². The lowest BCUT2D eigenvalue weighted by Gasteiger charge is -2.38. The van der Waals surface area contributed by atoms with Crippen molar-refractivity contribution in [1.29, 1.82) is 0 Å². The van der Waals surface area contributed by atoms with Crippen LogP contribution in [0, 0.1) is 0 Å². The summed E-state index contributed by atoms with van der Waals surface area (Å²) in [5, 5.41) is 3.19. The third-order valence-corrected chi connectivity index (χ3v) is 4.55. The molecular weight excluding hydrogens is 319 g/mol. The third kappa shape index (κ3) is 4.77. The molecule has 0 radical (unpaired) electrons. The molecule has 0 unspecified atom stereocenters. The smallest absolute Gasteiger partial charge is 0.334 e. The Bertz CT molecular complexity index is 496. The van der Waals surface area contributed by atoms with Gasteiger partial charge in [-0.15, -0.1) is 5.06 Å². The number of carbonyl (C=O) groups excluding carboxylic acids is 4. The molecule has 2 aliphatic heterocycles. The van der Waals surface area contributed by atoms with Gasteiger partial charge in [-0.1, -0.05) is 6.42 Å². The number of nitrogens with one attached hydrogen (secondary N) is 1. The van der Waals surface area contributed by atoms with Gasteiger partial charge in [0.15, 0.2) is 0 Å². The number of carbonyl (C=O) groups is 4. The number of piperidine rings is 1. The molecule has 2 rings (SSSR count). The van der Waals surface area contributed by atoms with E-state index in [0.29, 0.717) is 23.7 Å². The fourth-order valence-corrected chi connectivity index (χ4v) is 3.12. The summed E-state index contributed by atoms with van der Waals surface area (Å²) in [6.45, 7) is 4.65. The van der Waals surface area contributed by atoms with Crippen LogP contribution in [0.25, 0.3) is 0 Å². The van der Waals surface area contributed by atoms with E-state index in [1.54, 1.807) is 0 Å². The maximum absolute atomic E-state index is 12.0. The lowest BCUT2D eigenvalue weighted by atomic mass is 9.98. The Kier molecular flexibility index (Phi) is 6.30. The highest BCUT2D eigenvalue weighted by atomic mass is 16.8. The van der Waals surface area contributed by atoms with Crippen LogP contribution in [0.2, 0.25) is 0 Å². The molecule has 2 atom stereocenters. The van der Waals surface area contributed by atoms with Gasteiger partial charge >= 0.3 is 5.97 Å². The van der Waals surface area contributed by atoms with Gasteiger partial charge in [-0.05, 0) is 26.7 Å². The maximum Gasteiger partial charge on any atom is 0.334 e. The SMILES string of the molecule is C[C@@H]1CCC[C@H](C)N1C[13C](=O)[15NH][13CH2][13CH2][13C](=O)ON1C(=O)CCC1=O. The topological polar surface area (TPSA) is 96.0 Å². The molecule has 0 bridgehead atoms. The Balaban J connectivity index is 1.67. The second-order valence-electron chi connectivity index (χ2n) is 6.45. The molecule has 0 aromatic heterocycles. The number of hydroxylamine groups is 2. The largest absolute Gasteiger partial charge is 0.354 e. The molecule has 0 aromatic carbocycles. The zero-order valence-electron chi connectivity index (χ0n) is 14.2. The molecule has 2 heterocycles. The highest BCUT2D eigenvalue weighted by Gasteiger charge is 2.32. The van der Waals surface area contributed by atoms with Gasteiger partial charge in [0.2, 0.25) is 5.91 Å². The minimum Gasteiger partial charge on any atom is -0.354 e. The van der Waals surface area contributed by atoms with Crippen molar-refractivity contribution in [3.63, 3.8) is 0 Å². The molecule has 134 valence electrons. The van der Waals surface area contributed by atoms with Crippen LogP contribution in [-0.4, -0.2) is 58.8 Å². The van der Waals surface area contributed by atoms with Crippen LogP contribution in [0.1, 0.15) is 52.4 Å². The van der Waals surface area contributed by atoms with Crippen molar-refractivity contribution in [2.75, 3.05) is 13.1 Å². The van der Waals surface area contributed by atoms with Crippen molar-refractivity contribution in [2.45, 2.75) is 64.5 Å². The van der Waals surface area contributed by atoms with Crippen LogP contribution in [0.15, 0.2) is 0 Å². The Morgan fingerprint density at radius 3 is 2.29 bits per heavy atom. The number of amides is 3. The Morgan fingerprint density at radius 1 is 1.12 bits per heavy atom. The number of likely N-dealkylation sites (tertiary alicyclic amines) is 1. The minimum absolute atomic E-state index is 0.0645. The second kappa shape index (κ2) is 8.23. The van der Waals surface area contributed by atoms with Crippen molar-refractivity contribution in [2.24, 2.45) is 0 Å². The quantitative estimate of drug-likeness (QED) is 0.425. The van der Waals surface area contributed by atoms with E-state index < -0.39 is 17.8 Å². The van der Waals surface area contributed by atoms with E-state index in [1.165, 1.54) is 6.42 Å². The molecule has 8 nitrogen and oxygen atoms in total. The Labute approximate surface area is 141 Å². The van der Waals surface area contributed by atoms with Gasteiger partial charge in [0.05, 0.1) is 13.0 Å². The number of hydrogen-bond acceptors (Lipinski definition) is 6. The van der Waals surface area contributed by atoms with Gasteiger partial charge in [0.25, 0.3) is 11.8 Å². The molecule has 2 fully saturated rings. The summed E-state index contributed by atoms with van der Waals surface area (Å²) in [4.78, 5) is 53.2. The zero-order valence-corrected chi connectivity index (χ0v) is 14.2. The first-order valence-electron chi connectivity index (χ1n) is 8.47. The normalized spacial score (nSPS) is 25.0. The van der Waals surface area contributed by atoms with Crippen molar-refractivity contribution in [1.82, 2.24) is 15.3 Å². The van der Waals surface area contributed by atoms with Crippen LogP contribution in [0.4, 0.5) is 0 Å². The second-order valence-corrected chi connectivity index (χ2v) is 6.45.